The SMILES string of the molecule is COc1nc(N[C@H]2C[C@@](C)(NC(C)=O)C2)nc2[nH]cc(-c3ccc4ncnn4c3)c12. The molecule has 0 atom stereocenters. The Morgan fingerprint density at radius 3 is 2.93 bits per heavy atom. The molecule has 0 spiro atoms. The monoisotopic (exact) mass is 406 g/mol. The first kappa shape index (κ1) is 18.3. The molecule has 4 aromatic rings. The van der Waals surface area contributed by atoms with E-state index in [2.05, 4.69) is 35.7 Å². The summed E-state index contributed by atoms with van der Waals surface area (Å²) in [6, 6.07) is 4.08. The number of hydrogen-bond acceptors (Lipinski definition) is 7. The number of ether oxygens (including phenoxy) is 1. The Hall–Kier alpha value is -3.69. The number of carbonyl (C=O) groups excluding carboxylic acids is 1. The zero-order chi connectivity index (χ0) is 20.9. The second-order valence-corrected chi connectivity index (χ2v) is 7.95. The number of rotatable bonds is 5. The van der Waals surface area contributed by atoms with Crippen molar-refractivity contribution in [2.45, 2.75) is 38.3 Å². The van der Waals surface area contributed by atoms with Gasteiger partial charge in [0.1, 0.15) is 12.0 Å². The van der Waals surface area contributed by atoms with Crippen LogP contribution in [0.5, 0.6) is 5.88 Å². The molecular weight excluding hydrogens is 384 g/mol. The quantitative estimate of drug-likeness (QED) is 0.464. The lowest BCUT2D eigenvalue weighted by molar-refractivity contribution is -0.121. The van der Waals surface area contributed by atoms with Gasteiger partial charge in [0.15, 0.2) is 5.65 Å². The molecular formula is C20H22N8O2. The molecule has 4 heterocycles. The van der Waals surface area contributed by atoms with Crippen LogP contribution in [0.3, 0.4) is 0 Å². The van der Waals surface area contributed by atoms with Gasteiger partial charge in [0.2, 0.25) is 17.7 Å². The summed E-state index contributed by atoms with van der Waals surface area (Å²) in [6.07, 6.45) is 6.94. The first-order chi connectivity index (χ1) is 14.4. The fourth-order valence-corrected chi connectivity index (χ4v) is 4.26. The van der Waals surface area contributed by atoms with Gasteiger partial charge >= 0.3 is 0 Å². The van der Waals surface area contributed by atoms with Crippen molar-refractivity contribution < 1.29 is 9.53 Å². The Balaban J connectivity index is 1.44. The summed E-state index contributed by atoms with van der Waals surface area (Å²) in [6.45, 7) is 3.58. The number of fused-ring (bicyclic) bond motifs is 2. The standard InChI is InChI=1S/C20H22N8O2/c1-11(29)27-20(2)6-13(7-20)24-19-25-17-16(18(26-19)30-3)14(8-21-17)12-4-5-15-22-10-23-28(15)9-12/h4-5,8-10,13H,6-7H2,1-3H3,(H,27,29)(H2,21,24,25,26)/t13-,20+. The number of aromatic amines is 1. The molecule has 154 valence electrons. The molecule has 10 nitrogen and oxygen atoms in total. The maximum absolute atomic E-state index is 11.3. The van der Waals surface area contributed by atoms with E-state index in [1.807, 2.05) is 31.5 Å². The minimum atomic E-state index is -0.183. The van der Waals surface area contributed by atoms with E-state index < -0.39 is 0 Å². The number of hydrogen-bond donors (Lipinski definition) is 3. The molecule has 5 rings (SSSR count). The van der Waals surface area contributed by atoms with Crippen LogP contribution < -0.4 is 15.4 Å². The van der Waals surface area contributed by atoms with Gasteiger partial charge in [-0.1, -0.05) is 0 Å². The van der Waals surface area contributed by atoms with E-state index >= 15 is 0 Å². The van der Waals surface area contributed by atoms with E-state index in [1.165, 1.54) is 13.3 Å². The van der Waals surface area contributed by atoms with Crippen molar-refractivity contribution >= 4 is 28.5 Å². The van der Waals surface area contributed by atoms with Crippen molar-refractivity contribution in [3.8, 4) is 17.0 Å². The van der Waals surface area contributed by atoms with Crippen molar-refractivity contribution in [3.05, 3.63) is 30.9 Å². The molecule has 30 heavy (non-hydrogen) atoms. The van der Waals surface area contributed by atoms with Crippen LogP contribution in [-0.4, -0.2) is 54.1 Å². The number of carbonyl (C=O) groups is 1. The van der Waals surface area contributed by atoms with Gasteiger partial charge in [-0.2, -0.15) is 15.1 Å². The highest BCUT2D eigenvalue weighted by atomic mass is 16.5. The van der Waals surface area contributed by atoms with E-state index in [0.717, 1.165) is 35.0 Å². The molecule has 10 heteroatoms. The number of pyridine rings is 1. The van der Waals surface area contributed by atoms with Crippen LogP contribution in [0.1, 0.15) is 26.7 Å². The number of nitrogens with zero attached hydrogens (tertiary/aromatic N) is 5. The molecule has 0 radical (unpaired) electrons. The molecule has 1 fully saturated rings. The Morgan fingerprint density at radius 1 is 1.33 bits per heavy atom. The predicted molar refractivity (Wildman–Crippen MR) is 111 cm³/mol. The van der Waals surface area contributed by atoms with Gasteiger partial charge in [-0.15, -0.1) is 0 Å². The van der Waals surface area contributed by atoms with Crippen molar-refractivity contribution in [1.82, 2.24) is 34.9 Å². The Bertz CT molecular complexity index is 1250. The summed E-state index contributed by atoms with van der Waals surface area (Å²) in [5, 5.41) is 11.3. The van der Waals surface area contributed by atoms with Gasteiger partial charge in [-0.25, -0.2) is 9.50 Å². The van der Waals surface area contributed by atoms with E-state index in [9.17, 15) is 4.79 Å². The van der Waals surface area contributed by atoms with Crippen LogP contribution in [0.2, 0.25) is 0 Å². The minimum Gasteiger partial charge on any atom is -0.480 e. The van der Waals surface area contributed by atoms with Crippen molar-refractivity contribution in [2.75, 3.05) is 12.4 Å². The van der Waals surface area contributed by atoms with Crippen LogP contribution in [0.15, 0.2) is 30.9 Å². The lowest BCUT2D eigenvalue weighted by Gasteiger charge is -2.45. The average Bonchev–Trinajstić information content (AvgIpc) is 3.31. The molecule has 1 amide bonds. The minimum absolute atomic E-state index is 0.0155. The summed E-state index contributed by atoms with van der Waals surface area (Å²) < 4.78 is 7.31. The van der Waals surface area contributed by atoms with Gasteiger partial charge in [0, 0.05) is 42.0 Å². The molecule has 4 aromatic heterocycles. The third kappa shape index (κ3) is 3.10. The Labute approximate surface area is 172 Å². The second kappa shape index (κ2) is 6.68. The van der Waals surface area contributed by atoms with E-state index in [1.54, 1.807) is 11.6 Å². The summed E-state index contributed by atoms with van der Waals surface area (Å²) in [5.74, 6) is 0.967. The molecule has 1 saturated carbocycles. The lowest BCUT2D eigenvalue weighted by atomic mass is 9.74. The molecule has 0 unspecified atom stereocenters. The fourth-order valence-electron chi connectivity index (χ4n) is 4.26. The highest BCUT2D eigenvalue weighted by Crippen LogP contribution is 2.36. The predicted octanol–water partition coefficient (Wildman–Crippen LogP) is 2.15. The number of amides is 1. The van der Waals surface area contributed by atoms with E-state index in [4.69, 9.17) is 4.74 Å². The topological polar surface area (TPSA) is 122 Å². The van der Waals surface area contributed by atoms with Crippen molar-refractivity contribution in [1.29, 1.82) is 0 Å². The molecule has 0 saturated heterocycles. The third-order valence-corrected chi connectivity index (χ3v) is 5.48. The van der Waals surface area contributed by atoms with Crippen LogP contribution in [0, 0.1) is 0 Å². The summed E-state index contributed by atoms with van der Waals surface area (Å²) in [7, 11) is 1.60. The second-order valence-electron chi connectivity index (χ2n) is 7.95. The summed E-state index contributed by atoms with van der Waals surface area (Å²) in [5.41, 5.74) is 3.15. The summed E-state index contributed by atoms with van der Waals surface area (Å²) in [4.78, 5) is 27.9. The smallest absolute Gasteiger partial charge is 0.228 e. The Morgan fingerprint density at radius 2 is 2.17 bits per heavy atom. The van der Waals surface area contributed by atoms with Gasteiger partial charge in [0.25, 0.3) is 0 Å². The van der Waals surface area contributed by atoms with Crippen LogP contribution >= 0.6 is 0 Å². The normalized spacial score (nSPS) is 20.8. The molecule has 1 aliphatic carbocycles. The van der Waals surface area contributed by atoms with Crippen molar-refractivity contribution in [2.24, 2.45) is 0 Å². The van der Waals surface area contributed by atoms with Gasteiger partial charge in [0.05, 0.1) is 12.5 Å². The zero-order valence-corrected chi connectivity index (χ0v) is 16.9. The molecule has 3 N–H and O–H groups in total. The van der Waals surface area contributed by atoms with Crippen LogP contribution in [-0.2, 0) is 4.79 Å². The fraction of sp³-hybridized carbons (Fsp3) is 0.350. The Kier molecular flexibility index (Phi) is 4.09. The highest BCUT2D eigenvalue weighted by molar-refractivity contribution is 5.97. The number of anilines is 1. The third-order valence-electron chi connectivity index (χ3n) is 5.48. The number of H-pyrrole nitrogens is 1. The summed E-state index contributed by atoms with van der Waals surface area (Å²) >= 11 is 0. The molecule has 0 aliphatic heterocycles. The van der Waals surface area contributed by atoms with Gasteiger partial charge in [-0.05, 0) is 31.9 Å². The number of methoxy groups -OCH3 is 1. The molecule has 0 aromatic carbocycles. The first-order valence-corrected chi connectivity index (χ1v) is 9.72. The van der Waals surface area contributed by atoms with Crippen LogP contribution in [0.25, 0.3) is 27.8 Å². The van der Waals surface area contributed by atoms with Gasteiger partial charge < -0.3 is 20.4 Å². The van der Waals surface area contributed by atoms with E-state index in [-0.39, 0.29) is 17.5 Å². The lowest BCUT2D eigenvalue weighted by Crippen LogP contribution is -2.59. The van der Waals surface area contributed by atoms with Crippen LogP contribution in [0.4, 0.5) is 5.95 Å². The van der Waals surface area contributed by atoms with Crippen molar-refractivity contribution in [3.63, 3.8) is 0 Å². The molecule has 0 bridgehead atoms. The first-order valence-electron chi connectivity index (χ1n) is 9.72. The van der Waals surface area contributed by atoms with E-state index in [0.29, 0.717) is 17.5 Å². The largest absolute Gasteiger partial charge is 0.480 e. The average molecular weight is 406 g/mol. The van der Waals surface area contributed by atoms with Gasteiger partial charge in [-0.3, -0.25) is 4.79 Å². The number of nitrogens with one attached hydrogen (secondary N) is 3. The number of aromatic nitrogens is 6. The highest BCUT2D eigenvalue weighted by Gasteiger charge is 2.41. The maximum Gasteiger partial charge on any atom is 0.228 e. The zero-order valence-electron chi connectivity index (χ0n) is 16.9. The molecule has 1 aliphatic rings. The maximum atomic E-state index is 11.3.